The van der Waals surface area contributed by atoms with Gasteiger partial charge in [0.25, 0.3) is 5.91 Å². The molecule has 1 saturated heterocycles. The van der Waals surface area contributed by atoms with Crippen LogP contribution in [0.4, 0.5) is 5.69 Å². The van der Waals surface area contributed by atoms with Crippen LogP contribution >= 0.6 is 0 Å². The highest BCUT2D eigenvalue weighted by atomic mass is 16.5. The summed E-state index contributed by atoms with van der Waals surface area (Å²) in [6, 6.07) is 5.96. The molecule has 2 N–H and O–H groups in total. The van der Waals surface area contributed by atoms with Gasteiger partial charge in [-0.1, -0.05) is 6.07 Å². The smallest absolute Gasteiger partial charge is 0.262 e. The summed E-state index contributed by atoms with van der Waals surface area (Å²) in [5.74, 6) is 0.656. The molecular formula is C14H18N2O3. The van der Waals surface area contributed by atoms with Crippen LogP contribution < -0.4 is 15.4 Å². The number of aryl methyl sites for hydroxylation is 1. The van der Waals surface area contributed by atoms with E-state index < -0.39 is 0 Å². The van der Waals surface area contributed by atoms with Gasteiger partial charge >= 0.3 is 0 Å². The predicted molar refractivity (Wildman–Crippen MR) is 71.5 cm³/mol. The summed E-state index contributed by atoms with van der Waals surface area (Å²) in [5.41, 5.74) is 1.97. The number of amides is 1. The lowest BCUT2D eigenvalue weighted by Crippen LogP contribution is -2.38. The number of carbonyl (C=O) groups excluding carboxylic acids is 1. The molecule has 1 fully saturated rings. The Morgan fingerprint density at radius 2 is 2.32 bits per heavy atom. The lowest BCUT2D eigenvalue weighted by Gasteiger charge is -2.24. The second-order valence-electron chi connectivity index (χ2n) is 4.90. The van der Waals surface area contributed by atoms with Crippen LogP contribution in [0.2, 0.25) is 0 Å². The van der Waals surface area contributed by atoms with E-state index in [9.17, 15) is 4.79 Å². The van der Waals surface area contributed by atoms with E-state index in [-0.39, 0.29) is 18.6 Å². The Kier molecular flexibility index (Phi) is 3.66. The number of morpholine rings is 1. The molecule has 0 aromatic heterocycles. The second-order valence-corrected chi connectivity index (χ2v) is 4.90. The van der Waals surface area contributed by atoms with Gasteiger partial charge in [-0.2, -0.15) is 0 Å². The lowest BCUT2D eigenvalue weighted by atomic mass is 10.0. The van der Waals surface area contributed by atoms with Gasteiger partial charge in [0.15, 0.2) is 6.61 Å². The molecule has 2 aliphatic heterocycles. The van der Waals surface area contributed by atoms with Gasteiger partial charge in [-0.25, -0.2) is 0 Å². The van der Waals surface area contributed by atoms with Crippen molar-refractivity contribution in [1.82, 2.24) is 5.32 Å². The number of hydrogen-bond donors (Lipinski definition) is 2. The van der Waals surface area contributed by atoms with Crippen molar-refractivity contribution in [2.75, 3.05) is 31.6 Å². The minimum absolute atomic E-state index is 0.0931. The molecule has 0 radical (unpaired) electrons. The average Bonchev–Trinajstić information content (AvgIpc) is 2.46. The van der Waals surface area contributed by atoms with Crippen LogP contribution in [-0.2, 0) is 16.0 Å². The Balaban J connectivity index is 1.61. The molecular weight excluding hydrogens is 244 g/mol. The largest absolute Gasteiger partial charge is 0.482 e. The van der Waals surface area contributed by atoms with Crippen LogP contribution in [0.3, 0.4) is 0 Å². The maximum Gasteiger partial charge on any atom is 0.262 e. The summed E-state index contributed by atoms with van der Waals surface area (Å²) < 4.78 is 11.0. The van der Waals surface area contributed by atoms with Crippen molar-refractivity contribution >= 4 is 11.6 Å². The van der Waals surface area contributed by atoms with Crippen molar-refractivity contribution in [3.05, 3.63) is 23.8 Å². The zero-order valence-corrected chi connectivity index (χ0v) is 10.8. The van der Waals surface area contributed by atoms with Crippen LogP contribution in [0.5, 0.6) is 5.75 Å². The molecule has 102 valence electrons. The normalized spacial score (nSPS) is 22.3. The number of fused-ring (bicyclic) bond motifs is 1. The monoisotopic (exact) mass is 262 g/mol. The van der Waals surface area contributed by atoms with Crippen molar-refractivity contribution in [2.24, 2.45) is 0 Å². The standard InChI is InChI=1S/C14H18N2O3/c17-14-9-19-13-4-2-10(7-12(13)16-14)1-3-11-8-15-5-6-18-11/h2,4,7,11,15H,1,3,5-6,8-9H2,(H,16,17). The van der Waals surface area contributed by atoms with Crippen molar-refractivity contribution in [1.29, 1.82) is 0 Å². The van der Waals surface area contributed by atoms with E-state index in [0.717, 1.165) is 44.0 Å². The molecule has 2 aliphatic rings. The first-order valence-corrected chi connectivity index (χ1v) is 6.69. The summed E-state index contributed by atoms with van der Waals surface area (Å²) in [7, 11) is 0. The Bertz CT molecular complexity index is 470. The van der Waals surface area contributed by atoms with Crippen LogP contribution in [0.1, 0.15) is 12.0 Å². The summed E-state index contributed by atoms with van der Waals surface area (Å²) >= 11 is 0. The van der Waals surface area contributed by atoms with Gasteiger partial charge < -0.3 is 20.1 Å². The number of hydrogen-bond acceptors (Lipinski definition) is 4. The number of rotatable bonds is 3. The van der Waals surface area contributed by atoms with E-state index in [1.165, 1.54) is 5.56 Å². The van der Waals surface area contributed by atoms with Crippen molar-refractivity contribution < 1.29 is 14.3 Å². The third-order valence-electron chi connectivity index (χ3n) is 3.44. The first-order chi connectivity index (χ1) is 9.31. The maximum absolute atomic E-state index is 11.3. The van der Waals surface area contributed by atoms with E-state index in [1.807, 2.05) is 18.2 Å². The van der Waals surface area contributed by atoms with E-state index in [2.05, 4.69) is 10.6 Å². The molecule has 1 aromatic carbocycles. The summed E-state index contributed by atoms with van der Waals surface area (Å²) in [4.78, 5) is 11.3. The van der Waals surface area contributed by atoms with Gasteiger partial charge in [-0.15, -0.1) is 0 Å². The first kappa shape index (κ1) is 12.4. The van der Waals surface area contributed by atoms with Crippen molar-refractivity contribution in [2.45, 2.75) is 18.9 Å². The second kappa shape index (κ2) is 5.59. The number of ether oxygens (including phenoxy) is 2. The molecule has 0 aliphatic carbocycles. The van der Waals surface area contributed by atoms with Crippen LogP contribution in [0, 0.1) is 0 Å². The van der Waals surface area contributed by atoms with Gasteiger partial charge in [0.1, 0.15) is 5.75 Å². The topological polar surface area (TPSA) is 59.6 Å². The number of anilines is 1. The average molecular weight is 262 g/mol. The molecule has 0 saturated carbocycles. The molecule has 2 heterocycles. The molecule has 0 spiro atoms. The fourth-order valence-corrected chi connectivity index (χ4v) is 2.42. The lowest BCUT2D eigenvalue weighted by molar-refractivity contribution is -0.118. The maximum atomic E-state index is 11.3. The van der Waals surface area contributed by atoms with Gasteiger partial charge in [-0.3, -0.25) is 4.79 Å². The number of benzene rings is 1. The Morgan fingerprint density at radius 3 is 3.16 bits per heavy atom. The Labute approximate surface area is 112 Å². The zero-order valence-electron chi connectivity index (χ0n) is 10.8. The zero-order chi connectivity index (χ0) is 13.1. The SMILES string of the molecule is O=C1COc2ccc(CCC3CNCCO3)cc2N1. The van der Waals surface area contributed by atoms with Gasteiger partial charge in [0.2, 0.25) is 0 Å². The molecule has 0 bridgehead atoms. The van der Waals surface area contributed by atoms with Crippen LogP contribution in [0.25, 0.3) is 0 Å². The third kappa shape index (κ3) is 3.05. The van der Waals surface area contributed by atoms with E-state index >= 15 is 0 Å². The van der Waals surface area contributed by atoms with E-state index in [0.29, 0.717) is 0 Å². The molecule has 1 aromatic rings. The minimum Gasteiger partial charge on any atom is -0.482 e. The quantitative estimate of drug-likeness (QED) is 0.851. The van der Waals surface area contributed by atoms with Gasteiger partial charge in [0, 0.05) is 13.1 Å². The number of carbonyl (C=O) groups is 1. The third-order valence-corrected chi connectivity index (χ3v) is 3.44. The number of nitrogens with one attached hydrogen (secondary N) is 2. The molecule has 1 unspecified atom stereocenters. The molecule has 5 nitrogen and oxygen atoms in total. The highest BCUT2D eigenvalue weighted by Gasteiger charge is 2.17. The highest BCUT2D eigenvalue weighted by molar-refractivity contribution is 5.95. The molecule has 3 rings (SSSR count). The van der Waals surface area contributed by atoms with Gasteiger partial charge in [-0.05, 0) is 30.5 Å². The predicted octanol–water partition coefficient (Wildman–Crippen LogP) is 0.938. The van der Waals surface area contributed by atoms with E-state index in [1.54, 1.807) is 0 Å². The van der Waals surface area contributed by atoms with Gasteiger partial charge in [0.05, 0.1) is 18.4 Å². The summed E-state index contributed by atoms with van der Waals surface area (Å²) in [6.07, 6.45) is 2.21. The molecule has 19 heavy (non-hydrogen) atoms. The minimum atomic E-state index is -0.0931. The molecule has 1 amide bonds. The molecule has 5 heteroatoms. The van der Waals surface area contributed by atoms with E-state index in [4.69, 9.17) is 9.47 Å². The fourth-order valence-electron chi connectivity index (χ4n) is 2.42. The Morgan fingerprint density at radius 1 is 1.37 bits per heavy atom. The Hall–Kier alpha value is -1.59. The first-order valence-electron chi connectivity index (χ1n) is 6.69. The summed E-state index contributed by atoms with van der Waals surface area (Å²) in [5, 5.41) is 6.16. The van der Waals surface area contributed by atoms with Crippen LogP contribution in [0.15, 0.2) is 18.2 Å². The fraction of sp³-hybridized carbons (Fsp3) is 0.500. The van der Waals surface area contributed by atoms with Crippen molar-refractivity contribution in [3.63, 3.8) is 0 Å². The van der Waals surface area contributed by atoms with Crippen molar-refractivity contribution in [3.8, 4) is 5.75 Å². The highest BCUT2D eigenvalue weighted by Crippen LogP contribution is 2.29. The van der Waals surface area contributed by atoms with Crippen LogP contribution in [-0.4, -0.2) is 38.3 Å². The molecule has 1 atom stereocenters. The summed E-state index contributed by atoms with van der Waals surface area (Å²) in [6.45, 7) is 2.76.